The van der Waals surface area contributed by atoms with Crippen molar-refractivity contribution >= 4 is 12.3 Å². The third-order valence-electron chi connectivity index (χ3n) is 2.62. The SMILES string of the molecule is COC(=O)CCc1cc(C=O)ccc1OCC(C)C. The van der Waals surface area contributed by atoms with Gasteiger partial charge >= 0.3 is 5.97 Å². The van der Waals surface area contributed by atoms with Crippen LogP contribution in [0.3, 0.4) is 0 Å². The topological polar surface area (TPSA) is 52.6 Å². The molecule has 0 atom stereocenters. The second-order valence-corrected chi connectivity index (χ2v) is 4.77. The Morgan fingerprint density at radius 1 is 1.37 bits per heavy atom. The lowest BCUT2D eigenvalue weighted by molar-refractivity contribution is -0.140. The van der Waals surface area contributed by atoms with E-state index in [1.165, 1.54) is 7.11 Å². The Morgan fingerprint density at radius 2 is 2.11 bits per heavy atom. The van der Waals surface area contributed by atoms with E-state index in [-0.39, 0.29) is 12.4 Å². The lowest BCUT2D eigenvalue weighted by atomic mass is 10.1. The molecule has 0 aliphatic carbocycles. The number of carbonyl (C=O) groups is 2. The van der Waals surface area contributed by atoms with Gasteiger partial charge in [-0.15, -0.1) is 0 Å². The third-order valence-corrected chi connectivity index (χ3v) is 2.62. The van der Waals surface area contributed by atoms with Gasteiger partial charge in [-0.1, -0.05) is 13.8 Å². The van der Waals surface area contributed by atoms with E-state index in [4.69, 9.17) is 4.74 Å². The molecule has 0 unspecified atom stereocenters. The van der Waals surface area contributed by atoms with Crippen molar-refractivity contribution in [3.8, 4) is 5.75 Å². The van der Waals surface area contributed by atoms with Crippen molar-refractivity contribution in [2.75, 3.05) is 13.7 Å². The highest BCUT2D eigenvalue weighted by atomic mass is 16.5. The molecule has 0 heterocycles. The Balaban J connectivity index is 2.82. The Bertz CT molecular complexity index is 438. The lowest BCUT2D eigenvalue weighted by Crippen LogP contribution is -2.08. The van der Waals surface area contributed by atoms with Crippen LogP contribution in [0.5, 0.6) is 5.75 Å². The maximum atomic E-state index is 11.2. The molecule has 0 saturated carbocycles. The molecular formula is C15H20O4. The van der Waals surface area contributed by atoms with Crippen molar-refractivity contribution < 1.29 is 19.1 Å². The fourth-order valence-electron chi connectivity index (χ4n) is 1.60. The Labute approximate surface area is 113 Å². The number of aryl methyl sites for hydroxylation is 1. The summed E-state index contributed by atoms with van der Waals surface area (Å²) >= 11 is 0. The summed E-state index contributed by atoms with van der Waals surface area (Å²) in [5.74, 6) is 0.869. The van der Waals surface area contributed by atoms with Crippen molar-refractivity contribution in [2.24, 2.45) is 5.92 Å². The molecule has 0 aliphatic heterocycles. The maximum Gasteiger partial charge on any atom is 0.305 e. The summed E-state index contributed by atoms with van der Waals surface area (Å²) < 4.78 is 10.3. The number of aldehydes is 1. The van der Waals surface area contributed by atoms with Crippen molar-refractivity contribution in [1.82, 2.24) is 0 Å². The average molecular weight is 264 g/mol. The fraction of sp³-hybridized carbons (Fsp3) is 0.467. The molecule has 1 aromatic rings. The van der Waals surface area contributed by atoms with E-state index < -0.39 is 0 Å². The summed E-state index contributed by atoms with van der Waals surface area (Å²) in [6.07, 6.45) is 1.56. The van der Waals surface area contributed by atoms with E-state index in [0.29, 0.717) is 24.5 Å². The minimum atomic E-state index is -0.272. The molecule has 0 saturated heterocycles. The molecule has 1 rings (SSSR count). The third kappa shape index (κ3) is 5.12. The first-order chi connectivity index (χ1) is 9.06. The average Bonchev–Trinajstić information content (AvgIpc) is 2.42. The highest BCUT2D eigenvalue weighted by Gasteiger charge is 2.09. The number of hydrogen-bond acceptors (Lipinski definition) is 4. The normalized spacial score (nSPS) is 10.3. The molecule has 19 heavy (non-hydrogen) atoms. The van der Waals surface area contributed by atoms with Gasteiger partial charge in [0.15, 0.2) is 0 Å². The van der Waals surface area contributed by atoms with Crippen molar-refractivity contribution in [3.63, 3.8) is 0 Å². The Kier molecular flexibility index (Phi) is 6.06. The largest absolute Gasteiger partial charge is 0.493 e. The number of carbonyl (C=O) groups excluding carboxylic acids is 2. The van der Waals surface area contributed by atoms with Gasteiger partial charge in [0.2, 0.25) is 0 Å². The van der Waals surface area contributed by atoms with Crippen LogP contribution < -0.4 is 4.74 Å². The van der Waals surface area contributed by atoms with Gasteiger partial charge < -0.3 is 9.47 Å². The highest BCUT2D eigenvalue weighted by Crippen LogP contribution is 2.22. The van der Waals surface area contributed by atoms with Crippen LogP contribution in [0.1, 0.15) is 36.2 Å². The van der Waals surface area contributed by atoms with Crippen LogP contribution in [0.15, 0.2) is 18.2 Å². The molecular weight excluding hydrogens is 244 g/mol. The summed E-state index contributed by atoms with van der Waals surface area (Å²) in [5.41, 5.74) is 1.44. The first kappa shape index (κ1) is 15.2. The maximum absolute atomic E-state index is 11.2. The molecule has 0 aliphatic rings. The quantitative estimate of drug-likeness (QED) is 0.561. The molecule has 0 bridgehead atoms. The van der Waals surface area contributed by atoms with Crippen LogP contribution in [0.2, 0.25) is 0 Å². The summed E-state index contributed by atoms with van der Waals surface area (Å²) in [5, 5.41) is 0. The minimum absolute atomic E-state index is 0.272. The first-order valence-electron chi connectivity index (χ1n) is 6.34. The Hall–Kier alpha value is -1.84. The summed E-state index contributed by atoms with van der Waals surface area (Å²) in [6.45, 7) is 4.73. The van der Waals surface area contributed by atoms with E-state index in [1.54, 1.807) is 18.2 Å². The van der Waals surface area contributed by atoms with E-state index in [0.717, 1.165) is 17.6 Å². The standard InChI is InChI=1S/C15H20O4/c1-11(2)10-19-14-6-4-12(9-16)8-13(14)5-7-15(17)18-3/h4,6,8-9,11H,5,7,10H2,1-3H3. The zero-order valence-electron chi connectivity index (χ0n) is 11.6. The number of hydrogen-bond donors (Lipinski definition) is 0. The number of ether oxygens (including phenoxy) is 2. The molecule has 0 spiro atoms. The van der Waals surface area contributed by atoms with Crippen LogP contribution in [-0.2, 0) is 16.0 Å². The summed E-state index contributed by atoms with van der Waals surface area (Å²) in [7, 11) is 1.36. The molecule has 1 aromatic carbocycles. The predicted molar refractivity (Wildman–Crippen MR) is 72.5 cm³/mol. The zero-order chi connectivity index (χ0) is 14.3. The molecule has 0 fully saturated rings. The van der Waals surface area contributed by atoms with Crippen molar-refractivity contribution in [1.29, 1.82) is 0 Å². The fourth-order valence-corrected chi connectivity index (χ4v) is 1.60. The zero-order valence-corrected chi connectivity index (χ0v) is 11.6. The second kappa shape index (κ2) is 7.56. The van der Waals surface area contributed by atoms with Crippen LogP contribution in [0.4, 0.5) is 0 Å². The molecule has 0 amide bonds. The first-order valence-corrected chi connectivity index (χ1v) is 6.34. The number of rotatable bonds is 7. The predicted octanol–water partition coefficient (Wildman–Crippen LogP) is 2.64. The van der Waals surface area contributed by atoms with E-state index >= 15 is 0 Å². The number of esters is 1. The van der Waals surface area contributed by atoms with Gasteiger partial charge in [-0.2, -0.15) is 0 Å². The minimum Gasteiger partial charge on any atom is -0.493 e. The van der Waals surface area contributed by atoms with Gasteiger partial charge in [-0.3, -0.25) is 9.59 Å². The smallest absolute Gasteiger partial charge is 0.305 e. The molecule has 0 radical (unpaired) electrons. The van der Waals surface area contributed by atoms with Gasteiger partial charge in [0.25, 0.3) is 0 Å². The van der Waals surface area contributed by atoms with Crippen molar-refractivity contribution in [3.05, 3.63) is 29.3 Å². The highest BCUT2D eigenvalue weighted by molar-refractivity contribution is 5.76. The molecule has 104 valence electrons. The Morgan fingerprint density at radius 3 is 2.68 bits per heavy atom. The van der Waals surface area contributed by atoms with E-state index in [2.05, 4.69) is 18.6 Å². The van der Waals surface area contributed by atoms with E-state index in [9.17, 15) is 9.59 Å². The van der Waals surface area contributed by atoms with Gasteiger partial charge in [0, 0.05) is 12.0 Å². The second-order valence-electron chi connectivity index (χ2n) is 4.77. The lowest BCUT2D eigenvalue weighted by Gasteiger charge is -2.13. The van der Waals surface area contributed by atoms with Gasteiger partial charge in [0.1, 0.15) is 12.0 Å². The molecule has 4 nitrogen and oxygen atoms in total. The van der Waals surface area contributed by atoms with Gasteiger partial charge in [0.05, 0.1) is 13.7 Å². The monoisotopic (exact) mass is 264 g/mol. The molecule has 4 heteroatoms. The van der Waals surface area contributed by atoms with Gasteiger partial charge in [-0.05, 0) is 36.1 Å². The van der Waals surface area contributed by atoms with Crippen LogP contribution >= 0.6 is 0 Å². The molecule has 0 N–H and O–H groups in total. The molecule has 0 aromatic heterocycles. The van der Waals surface area contributed by atoms with Crippen LogP contribution in [0.25, 0.3) is 0 Å². The summed E-state index contributed by atoms with van der Waals surface area (Å²) in [6, 6.07) is 5.24. The van der Waals surface area contributed by atoms with Crippen LogP contribution in [-0.4, -0.2) is 26.0 Å². The van der Waals surface area contributed by atoms with Gasteiger partial charge in [-0.25, -0.2) is 0 Å². The van der Waals surface area contributed by atoms with Crippen LogP contribution in [0, 0.1) is 5.92 Å². The van der Waals surface area contributed by atoms with Crippen molar-refractivity contribution in [2.45, 2.75) is 26.7 Å². The van der Waals surface area contributed by atoms with E-state index in [1.807, 2.05) is 0 Å². The number of methoxy groups -OCH3 is 1. The summed E-state index contributed by atoms with van der Waals surface area (Å²) in [4.78, 5) is 22.0. The number of benzene rings is 1.